The van der Waals surface area contributed by atoms with E-state index in [-0.39, 0.29) is 30.9 Å². The van der Waals surface area contributed by atoms with Crippen molar-refractivity contribution in [1.82, 2.24) is 18.9 Å². The van der Waals surface area contributed by atoms with Gasteiger partial charge in [-0.2, -0.15) is 5.10 Å². The third-order valence-corrected chi connectivity index (χ3v) is 5.22. The van der Waals surface area contributed by atoms with Crippen molar-refractivity contribution in [1.29, 1.82) is 0 Å². The van der Waals surface area contributed by atoms with Crippen LogP contribution >= 0.6 is 0 Å². The molecule has 1 N–H and O–H groups in total. The molecule has 1 aliphatic rings. The van der Waals surface area contributed by atoms with Crippen LogP contribution in [0.1, 0.15) is 5.56 Å². The van der Waals surface area contributed by atoms with Crippen LogP contribution in [0.4, 0.5) is 10.1 Å². The zero-order valence-electron chi connectivity index (χ0n) is 17.4. The normalized spacial score (nSPS) is 12.3. The molecule has 2 aromatic carbocycles. The topological polar surface area (TPSA) is 109 Å². The van der Waals surface area contributed by atoms with E-state index < -0.39 is 23.0 Å². The van der Waals surface area contributed by atoms with Crippen LogP contribution < -0.4 is 26.0 Å². The van der Waals surface area contributed by atoms with Crippen molar-refractivity contribution in [2.24, 2.45) is 7.05 Å². The molecule has 1 amide bonds. The van der Waals surface area contributed by atoms with Crippen molar-refractivity contribution < 1.29 is 18.7 Å². The van der Waals surface area contributed by atoms with E-state index in [0.717, 1.165) is 4.57 Å². The van der Waals surface area contributed by atoms with E-state index in [0.29, 0.717) is 22.7 Å². The third-order valence-electron chi connectivity index (χ3n) is 5.22. The van der Waals surface area contributed by atoms with Crippen molar-refractivity contribution >= 4 is 22.6 Å². The molecule has 0 atom stereocenters. The van der Waals surface area contributed by atoms with Gasteiger partial charge in [-0.25, -0.2) is 9.18 Å². The number of benzene rings is 2. The molecule has 33 heavy (non-hydrogen) atoms. The van der Waals surface area contributed by atoms with Crippen LogP contribution in [0.5, 0.6) is 11.5 Å². The first-order chi connectivity index (χ1) is 15.9. The fourth-order valence-electron chi connectivity index (χ4n) is 3.67. The monoisotopic (exact) mass is 451 g/mol. The molecule has 10 nitrogen and oxygen atoms in total. The first kappa shape index (κ1) is 20.5. The number of ether oxygens (including phenoxy) is 2. The van der Waals surface area contributed by atoms with Gasteiger partial charge in [0.05, 0.1) is 12.1 Å². The van der Waals surface area contributed by atoms with E-state index in [1.54, 1.807) is 25.2 Å². The summed E-state index contributed by atoms with van der Waals surface area (Å²) in [5.74, 6) is 0.179. The first-order valence-electron chi connectivity index (χ1n) is 10.00. The lowest BCUT2D eigenvalue weighted by Gasteiger charge is -2.12. The summed E-state index contributed by atoms with van der Waals surface area (Å²) >= 11 is 0. The van der Waals surface area contributed by atoms with Gasteiger partial charge < -0.3 is 14.8 Å². The number of fused-ring (bicyclic) bond motifs is 2. The van der Waals surface area contributed by atoms with E-state index in [1.807, 2.05) is 0 Å². The van der Waals surface area contributed by atoms with Crippen LogP contribution in [0.25, 0.3) is 11.0 Å². The number of nitrogens with one attached hydrogen (secondary N) is 1. The van der Waals surface area contributed by atoms with E-state index in [4.69, 9.17) is 9.47 Å². The van der Waals surface area contributed by atoms with Gasteiger partial charge in [0.1, 0.15) is 12.4 Å². The molecule has 4 aromatic rings. The van der Waals surface area contributed by atoms with Crippen molar-refractivity contribution in [2.45, 2.75) is 13.1 Å². The van der Waals surface area contributed by atoms with Crippen LogP contribution in [0.2, 0.25) is 0 Å². The SMILES string of the molecule is Cn1cc2c(n1)c(=O)n(Cc1ccc(F)cc1)c(=O)n2CC(=O)Nc1ccc2c(c1)OCO2. The summed E-state index contributed by atoms with van der Waals surface area (Å²) in [6.45, 7) is -0.329. The molecule has 0 unspecified atom stereocenters. The number of aryl methyl sites for hydroxylation is 1. The molecule has 0 aliphatic carbocycles. The molecule has 2 aromatic heterocycles. The number of carbonyl (C=O) groups is 1. The zero-order chi connectivity index (χ0) is 23.1. The van der Waals surface area contributed by atoms with Crippen LogP contribution in [-0.2, 0) is 24.9 Å². The molecule has 0 radical (unpaired) electrons. The van der Waals surface area contributed by atoms with Gasteiger partial charge in [-0.15, -0.1) is 0 Å². The fourth-order valence-corrected chi connectivity index (χ4v) is 3.67. The molecule has 0 bridgehead atoms. The minimum Gasteiger partial charge on any atom is -0.454 e. The summed E-state index contributed by atoms with van der Waals surface area (Å²) in [6, 6.07) is 10.4. The van der Waals surface area contributed by atoms with Gasteiger partial charge in [0.25, 0.3) is 5.56 Å². The lowest BCUT2D eigenvalue weighted by molar-refractivity contribution is -0.116. The summed E-state index contributed by atoms with van der Waals surface area (Å²) in [7, 11) is 1.62. The van der Waals surface area contributed by atoms with Crippen LogP contribution in [0.15, 0.2) is 58.3 Å². The van der Waals surface area contributed by atoms with E-state index >= 15 is 0 Å². The third kappa shape index (κ3) is 3.84. The van der Waals surface area contributed by atoms with E-state index in [2.05, 4.69) is 10.4 Å². The van der Waals surface area contributed by atoms with Crippen molar-refractivity contribution in [2.75, 3.05) is 12.1 Å². The second kappa shape index (κ2) is 7.93. The van der Waals surface area contributed by atoms with Gasteiger partial charge in [-0.1, -0.05) is 12.1 Å². The largest absolute Gasteiger partial charge is 0.454 e. The number of nitrogens with zero attached hydrogens (tertiary/aromatic N) is 4. The minimum absolute atomic E-state index is 0.0510. The molecule has 5 rings (SSSR count). The second-order valence-electron chi connectivity index (χ2n) is 7.54. The number of halogens is 1. The fraction of sp³-hybridized carbons (Fsp3) is 0.182. The number of aromatic nitrogens is 4. The number of anilines is 1. The predicted molar refractivity (Wildman–Crippen MR) is 116 cm³/mol. The molecule has 0 spiro atoms. The maximum atomic E-state index is 13.2. The average Bonchev–Trinajstić information content (AvgIpc) is 3.41. The number of hydrogen-bond donors (Lipinski definition) is 1. The molecule has 168 valence electrons. The van der Waals surface area contributed by atoms with Crippen LogP contribution in [-0.4, -0.2) is 31.6 Å². The van der Waals surface area contributed by atoms with Crippen molar-refractivity contribution in [3.63, 3.8) is 0 Å². The van der Waals surface area contributed by atoms with Crippen LogP contribution in [0, 0.1) is 5.82 Å². The van der Waals surface area contributed by atoms with Gasteiger partial charge in [-0.05, 0) is 29.8 Å². The zero-order valence-corrected chi connectivity index (χ0v) is 17.4. The lowest BCUT2D eigenvalue weighted by atomic mass is 10.2. The van der Waals surface area contributed by atoms with Gasteiger partial charge >= 0.3 is 5.69 Å². The molecular weight excluding hydrogens is 433 g/mol. The smallest absolute Gasteiger partial charge is 0.332 e. The summed E-state index contributed by atoms with van der Waals surface area (Å²) in [6.07, 6.45) is 1.51. The summed E-state index contributed by atoms with van der Waals surface area (Å²) in [5.41, 5.74) is 0.0541. The highest BCUT2D eigenvalue weighted by Gasteiger charge is 2.19. The van der Waals surface area contributed by atoms with Gasteiger partial charge in [0.2, 0.25) is 12.7 Å². The Hall–Kier alpha value is -4.41. The average molecular weight is 451 g/mol. The maximum absolute atomic E-state index is 13.2. The van der Waals surface area contributed by atoms with Crippen molar-refractivity contribution in [3.8, 4) is 11.5 Å². The Morgan fingerprint density at radius 3 is 2.64 bits per heavy atom. The highest BCUT2D eigenvalue weighted by atomic mass is 19.1. The summed E-state index contributed by atoms with van der Waals surface area (Å²) in [4.78, 5) is 38.9. The number of rotatable bonds is 5. The Morgan fingerprint density at radius 1 is 1.09 bits per heavy atom. The Labute approximate surface area is 185 Å². The standard InChI is InChI=1S/C22H18FN5O5/c1-26-10-16-20(25-26)21(30)28(9-13-2-4-14(23)5-3-13)22(31)27(16)11-19(29)24-15-6-7-17-18(8-15)33-12-32-17/h2-8,10H,9,11-12H2,1H3,(H,24,29). The molecule has 11 heteroatoms. The Balaban J connectivity index is 1.50. The quantitative estimate of drug-likeness (QED) is 0.492. The Morgan fingerprint density at radius 2 is 1.85 bits per heavy atom. The molecule has 0 fully saturated rings. The molecule has 3 heterocycles. The number of carbonyl (C=O) groups excluding carboxylic acids is 1. The number of hydrogen-bond acceptors (Lipinski definition) is 6. The first-order valence-corrected chi connectivity index (χ1v) is 10.00. The number of amides is 1. The van der Waals surface area contributed by atoms with Crippen LogP contribution in [0.3, 0.4) is 0 Å². The maximum Gasteiger partial charge on any atom is 0.332 e. The van der Waals surface area contributed by atoms with Gasteiger partial charge in [0.15, 0.2) is 17.0 Å². The predicted octanol–water partition coefficient (Wildman–Crippen LogP) is 1.45. The van der Waals surface area contributed by atoms with Gasteiger partial charge in [0, 0.05) is 25.0 Å². The van der Waals surface area contributed by atoms with E-state index in [9.17, 15) is 18.8 Å². The minimum atomic E-state index is -0.675. The summed E-state index contributed by atoms with van der Waals surface area (Å²) < 4.78 is 27.4. The van der Waals surface area contributed by atoms with Crippen molar-refractivity contribution in [3.05, 3.63) is 80.9 Å². The molecule has 0 saturated carbocycles. The summed E-state index contributed by atoms with van der Waals surface area (Å²) in [5, 5.41) is 6.88. The Kier molecular flexibility index (Phi) is 4.93. The highest BCUT2D eigenvalue weighted by molar-refractivity contribution is 5.91. The second-order valence-corrected chi connectivity index (χ2v) is 7.54. The van der Waals surface area contributed by atoms with E-state index in [1.165, 1.54) is 39.7 Å². The van der Waals surface area contributed by atoms with Gasteiger partial charge in [-0.3, -0.25) is 23.4 Å². The molecular formula is C22H18FN5O5. The highest BCUT2D eigenvalue weighted by Crippen LogP contribution is 2.34. The molecule has 1 aliphatic heterocycles. The molecule has 0 saturated heterocycles. The lowest BCUT2D eigenvalue weighted by Crippen LogP contribution is -2.41. The Bertz CT molecular complexity index is 1500.